The lowest BCUT2D eigenvalue weighted by Crippen LogP contribution is -2.08. The molecule has 0 aliphatic heterocycles. The van der Waals surface area contributed by atoms with Crippen LogP contribution in [0.4, 0.5) is 0 Å². The second kappa shape index (κ2) is 5.92. The van der Waals surface area contributed by atoms with Crippen molar-refractivity contribution >= 4 is 17.4 Å². The van der Waals surface area contributed by atoms with Gasteiger partial charge in [0, 0.05) is 17.6 Å². The highest BCUT2D eigenvalue weighted by Crippen LogP contribution is 2.33. The summed E-state index contributed by atoms with van der Waals surface area (Å²) in [5.41, 5.74) is 4.77. The summed E-state index contributed by atoms with van der Waals surface area (Å²) >= 11 is 1.75. The van der Waals surface area contributed by atoms with Crippen molar-refractivity contribution in [1.82, 2.24) is 14.7 Å². The lowest BCUT2D eigenvalue weighted by Gasteiger charge is -2.07. The monoisotopic (exact) mass is 297 g/mol. The number of aromatic nitrogens is 2. The fourth-order valence-electron chi connectivity index (χ4n) is 2.36. The second-order valence-electron chi connectivity index (χ2n) is 5.19. The first-order valence-electron chi connectivity index (χ1n) is 7.04. The summed E-state index contributed by atoms with van der Waals surface area (Å²) in [4.78, 5) is 6.06. The van der Waals surface area contributed by atoms with Crippen molar-refractivity contribution < 1.29 is 0 Å². The Labute approximate surface area is 129 Å². The maximum Gasteiger partial charge on any atom is 0.138 e. The SMILES string of the molecule is CNCc1c(Sc2cc(C)ccc2C)nc2ccccn12. The molecule has 0 aliphatic carbocycles. The first kappa shape index (κ1) is 14.2. The molecule has 3 nitrogen and oxygen atoms in total. The van der Waals surface area contributed by atoms with Gasteiger partial charge in [0.15, 0.2) is 0 Å². The topological polar surface area (TPSA) is 29.3 Å². The maximum absolute atomic E-state index is 4.78. The third kappa shape index (κ3) is 2.82. The quantitative estimate of drug-likeness (QED) is 0.794. The largest absolute Gasteiger partial charge is 0.314 e. The molecule has 0 unspecified atom stereocenters. The third-order valence-corrected chi connectivity index (χ3v) is 4.67. The van der Waals surface area contributed by atoms with Crippen molar-refractivity contribution in [2.45, 2.75) is 30.3 Å². The zero-order valence-corrected chi connectivity index (χ0v) is 13.4. The van der Waals surface area contributed by atoms with Crippen LogP contribution >= 0.6 is 11.8 Å². The van der Waals surface area contributed by atoms with Gasteiger partial charge in [-0.2, -0.15) is 0 Å². The predicted molar refractivity (Wildman–Crippen MR) is 88.0 cm³/mol. The van der Waals surface area contributed by atoms with Crippen LogP contribution in [0, 0.1) is 13.8 Å². The minimum absolute atomic E-state index is 0.804. The van der Waals surface area contributed by atoms with Crippen molar-refractivity contribution in [3.05, 3.63) is 59.4 Å². The molecule has 3 aromatic rings. The molecule has 0 aliphatic rings. The zero-order chi connectivity index (χ0) is 14.8. The van der Waals surface area contributed by atoms with Gasteiger partial charge in [0.1, 0.15) is 10.7 Å². The molecule has 108 valence electrons. The molecule has 0 atom stereocenters. The maximum atomic E-state index is 4.78. The summed E-state index contributed by atoms with van der Waals surface area (Å²) in [6, 6.07) is 12.7. The van der Waals surface area contributed by atoms with Gasteiger partial charge in [-0.05, 0) is 50.2 Å². The predicted octanol–water partition coefficient (Wildman–Crippen LogP) is 3.82. The highest BCUT2D eigenvalue weighted by molar-refractivity contribution is 7.99. The number of aryl methyl sites for hydroxylation is 2. The van der Waals surface area contributed by atoms with Crippen LogP contribution in [0.3, 0.4) is 0 Å². The van der Waals surface area contributed by atoms with E-state index < -0.39 is 0 Å². The summed E-state index contributed by atoms with van der Waals surface area (Å²) < 4.78 is 2.16. The molecule has 3 rings (SSSR count). The van der Waals surface area contributed by atoms with E-state index in [1.165, 1.54) is 21.7 Å². The Hall–Kier alpha value is -1.78. The van der Waals surface area contributed by atoms with Gasteiger partial charge in [-0.25, -0.2) is 4.98 Å². The number of rotatable bonds is 4. The van der Waals surface area contributed by atoms with Crippen molar-refractivity contribution in [3.8, 4) is 0 Å². The molecular formula is C17H19N3S. The molecule has 0 saturated heterocycles. The van der Waals surface area contributed by atoms with E-state index in [1.807, 2.05) is 25.2 Å². The molecular weight excluding hydrogens is 278 g/mol. The summed E-state index contributed by atoms with van der Waals surface area (Å²) in [6.07, 6.45) is 2.07. The molecule has 1 N–H and O–H groups in total. The van der Waals surface area contributed by atoms with Gasteiger partial charge in [0.2, 0.25) is 0 Å². The highest BCUT2D eigenvalue weighted by atomic mass is 32.2. The average Bonchev–Trinajstić information content (AvgIpc) is 2.81. The Morgan fingerprint density at radius 3 is 2.86 bits per heavy atom. The molecule has 0 radical (unpaired) electrons. The fourth-order valence-corrected chi connectivity index (χ4v) is 3.47. The van der Waals surface area contributed by atoms with E-state index in [1.54, 1.807) is 11.8 Å². The summed E-state index contributed by atoms with van der Waals surface area (Å²) in [7, 11) is 1.97. The van der Waals surface area contributed by atoms with Crippen LogP contribution in [0.25, 0.3) is 5.65 Å². The van der Waals surface area contributed by atoms with Crippen molar-refractivity contribution in [3.63, 3.8) is 0 Å². The number of hydrogen-bond donors (Lipinski definition) is 1. The number of fused-ring (bicyclic) bond motifs is 1. The molecule has 0 fully saturated rings. The Bertz CT molecular complexity index is 777. The number of pyridine rings is 1. The van der Waals surface area contributed by atoms with E-state index in [2.05, 4.69) is 48.0 Å². The number of imidazole rings is 1. The smallest absolute Gasteiger partial charge is 0.138 e. The highest BCUT2D eigenvalue weighted by Gasteiger charge is 2.13. The minimum Gasteiger partial charge on any atom is -0.314 e. The van der Waals surface area contributed by atoms with Crippen LogP contribution in [0.5, 0.6) is 0 Å². The number of nitrogens with one attached hydrogen (secondary N) is 1. The third-order valence-electron chi connectivity index (χ3n) is 3.49. The fraction of sp³-hybridized carbons (Fsp3) is 0.235. The van der Waals surface area contributed by atoms with Gasteiger partial charge in [-0.3, -0.25) is 0 Å². The average molecular weight is 297 g/mol. The summed E-state index contributed by atoms with van der Waals surface area (Å²) in [5.74, 6) is 0. The van der Waals surface area contributed by atoms with Crippen molar-refractivity contribution in [2.75, 3.05) is 7.05 Å². The van der Waals surface area contributed by atoms with Crippen LogP contribution < -0.4 is 5.32 Å². The van der Waals surface area contributed by atoms with Crippen LogP contribution in [0.1, 0.15) is 16.8 Å². The number of nitrogens with zero attached hydrogens (tertiary/aromatic N) is 2. The molecule has 2 heterocycles. The molecule has 0 amide bonds. The molecule has 0 saturated carbocycles. The Morgan fingerprint density at radius 1 is 1.19 bits per heavy atom. The second-order valence-corrected chi connectivity index (χ2v) is 6.22. The van der Waals surface area contributed by atoms with Crippen LogP contribution in [-0.2, 0) is 6.54 Å². The lowest BCUT2D eigenvalue weighted by molar-refractivity contribution is 0.764. The van der Waals surface area contributed by atoms with Gasteiger partial charge >= 0.3 is 0 Å². The van der Waals surface area contributed by atoms with Crippen LogP contribution in [-0.4, -0.2) is 16.4 Å². The first-order chi connectivity index (χ1) is 10.2. The molecule has 0 bridgehead atoms. The van der Waals surface area contributed by atoms with Crippen molar-refractivity contribution in [1.29, 1.82) is 0 Å². The molecule has 4 heteroatoms. The Morgan fingerprint density at radius 2 is 2.05 bits per heavy atom. The molecule has 1 aromatic carbocycles. The Kier molecular flexibility index (Phi) is 3.99. The lowest BCUT2D eigenvalue weighted by atomic mass is 10.2. The Balaban J connectivity index is 2.07. The molecule has 2 aromatic heterocycles. The van der Waals surface area contributed by atoms with Gasteiger partial charge in [-0.1, -0.05) is 30.0 Å². The van der Waals surface area contributed by atoms with Gasteiger partial charge < -0.3 is 9.72 Å². The molecule has 0 spiro atoms. The molecule has 21 heavy (non-hydrogen) atoms. The van der Waals surface area contributed by atoms with E-state index in [9.17, 15) is 0 Å². The zero-order valence-electron chi connectivity index (χ0n) is 12.6. The summed E-state index contributed by atoms with van der Waals surface area (Å²) in [6.45, 7) is 5.08. The van der Waals surface area contributed by atoms with Crippen LogP contribution in [0.2, 0.25) is 0 Å². The normalized spacial score (nSPS) is 11.2. The van der Waals surface area contributed by atoms with Crippen LogP contribution in [0.15, 0.2) is 52.5 Å². The van der Waals surface area contributed by atoms with E-state index in [0.29, 0.717) is 0 Å². The van der Waals surface area contributed by atoms with Gasteiger partial charge in [-0.15, -0.1) is 0 Å². The minimum atomic E-state index is 0.804. The van der Waals surface area contributed by atoms with E-state index >= 15 is 0 Å². The van der Waals surface area contributed by atoms with E-state index in [0.717, 1.165) is 17.2 Å². The number of hydrogen-bond acceptors (Lipinski definition) is 3. The summed E-state index contributed by atoms with van der Waals surface area (Å²) in [5, 5.41) is 4.31. The standard InChI is InChI=1S/C17H19N3S/c1-12-7-8-13(2)15(10-12)21-17-14(11-18-3)20-9-5-4-6-16(20)19-17/h4-10,18H,11H2,1-3H3. The first-order valence-corrected chi connectivity index (χ1v) is 7.86. The number of benzene rings is 1. The van der Waals surface area contributed by atoms with E-state index in [-0.39, 0.29) is 0 Å². The van der Waals surface area contributed by atoms with Gasteiger partial charge in [0.25, 0.3) is 0 Å². The van der Waals surface area contributed by atoms with Crippen molar-refractivity contribution in [2.24, 2.45) is 0 Å². The van der Waals surface area contributed by atoms with E-state index in [4.69, 9.17) is 4.98 Å². The van der Waals surface area contributed by atoms with Gasteiger partial charge in [0.05, 0.1) is 5.69 Å².